The Balaban J connectivity index is 2.42. The fourth-order valence-corrected chi connectivity index (χ4v) is 6.18. The second-order valence-electron chi connectivity index (χ2n) is 4.92. The van der Waals surface area contributed by atoms with Crippen LogP contribution in [0.1, 0.15) is 19.3 Å². The molecular weight excluding hydrogens is 264 g/mol. The van der Waals surface area contributed by atoms with E-state index in [1.807, 2.05) is 0 Å². The number of carboxylic acids is 1. The number of carboxylic acid groups (broad SMARTS) is 1. The van der Waals surface area contributed by atoms with Crippen LogP contribution in [-0.4, -0.2) is 53.2 Å². The molecule has 0 saturated carbocycles. The standard InChI is InChI=1S/C10H16O5S2/c11-8(12)9(10(13)3-4-16-6-10)2-1-5-17(14,15)7-9/h13H,1-7H2,(H,11,12). The van der Waals surface area contributed by atoms with E-state index in [1.165, 1.54) is 11.8 Å². The number of aliphatic carboxylic acids is 1. The van der Waals surface area contributed by atoms with E-state index in [2.05, 4.69) is 0 Å². The van der Waals surface area contributed by atoms with E-state index in [0.29, 0.717) is 24.3 Å². The third-order valence-electron chi connectivity index (χ3n) is 3.83. The Kier molecular flexibility index (Phi) is 3.20. The Hall–Kier alpha value is -0.270. The number of carbonyl (C=O) groups is 1. The molecule has 0 radical (unpaired) electrons. The zero-order valence-corrected chi connectivity index (χ0v) is 11.0. The first-order chi connectivity index (χ1) is 7.81. The molecule has 0 aliphatic carbocycles. The van der Waals surface area contributed by atoms with Crippen molar-refractivity contribution < 1.29 is 23.4 Å². The molecule has 0 aromatic rings. The molecule has 17 heavy (non-hydrogen) atoms. The van der Waals surface area contributed by atoms with Crippen LogP contribution >= 0.6 is 11.8 Å². The first kappa shape index (κ1) is 13.2. The van der Waals surface area contributed by atoms with Gasteiger partial charge in [0.15, 0.2) is 9.84 Å². The monoisotopic (exact) mass is 280 g/mol. The summed E-state index contributed by atoms with van der Waals surface area (Å²) in [5.74, 6) is -0.566. The summed E-state index contributed by atoms with van der Waals surface area (Å²) in [4.78, 5) is 11.5. The van der Waals surface area contributed by atoms with Crippen LogP contribution < -0.4 is 0 Å². The molecule has 0 spiro atoms. The van der Waals surface area contributed by atoms with Crippen molar-refractivity contribution in [3.8, 4) is 0 Å². The van der Waals surface area contributed by atoms with Crippen molar-refractivity contribution in [3.63, 3.8) is 0 Å². The van der Waals surface area contributed by atoms with Gasteiger partial charge in [0.1, 0.15) is 5.41 Å². The smallest absolute Gasteiger partial charge is 0.313 e. The molecule has 2 aliphatic heterocycles. The van der Waals surface area contributed by atoms with Gasteiger partial charge in [-0.3, -0.25) is 4.79 Å². The van der Waals surface area contributed by atoms with Crippen molar-refractivity contribution in [2.75, 3.05) is 23.0 Å². The lowest BCUT2D eigenvalue weighted by atomic mass is 9.69. The third-order valence-corrected chi connectivity index (χ3v) is 6.84. The second-order valence-corrected chi connectivity index (χ2v) is 8.21. The maximum atomic E-state index is 11.7. The molecule has 2 N–H and O–H groups in total. The summed E-state index contributed by atoms with van der Waals surface area (Å²) < 4.78 is 23.4. The van der Waals surface area contributed by atoms with Crippen LogP contribution in [0.4, 0.5) is 0 Å². The van der Waals surface area contributed by atoms with Gasteiger partial charge in [0.2, 0.25) is 0 Å². The van der Waals surface area contributed by atoms with Crippen molar-refractivity contribution in [1.29, 1.82) is 0 Å². The first-order valence-electron chi connectivity index (χ1n) is 5.55. The molecule has 2 unspecified atom stereocenters. The fourth-order valence-electron chi connectivity index (χ4n) is 2.78. The van der Waals surface area contributed by atoms with Crippen molar-refractivity contribution in [2.45, 2.75) is 24.9 Å². The number of thioether (sulfide) groups is 1. The minimum Gasteiger partial charge on any atom is -0.481 e. The molecule has 5 nitrogen and oxygen atoms in total. The topological polar surface area (TPSA) is 91.7 Å². The van der Waals surface area contributed by atoms with E-state index < -0.39 is 32.6 Å². The maximum Gasteiger partial charge on any atom is 0.313 e. The van der Waals surface area contributed by atoms with Gasteiger partial charge >= 0.3 is 5.97 Å². The second kappa shape index (κ2) is 4.13. The van der Waals surface area contributed by atoms with E-state index in [0.717, 1.165) is 0 Å². The van der Waals surface area contributed by atoms with Crippen molar-refractivity contribution in [2.24, 2.45) is 5.41 Å². The fraction of sp³-hybridized carbons (Fsp3) is 0.900. The van der Waals surface area contributed by atoms with Gasteiger partial charge in [0, 0.05) is 5.75 Å². The minimum absolute atomic E-state index is 0.0330. The van der Waals surface area contributed by atoms with Gasteiger partial charge in [-0.15, -0.1) is 0 Å². The van der Waals surface area contributed by atoms with Gasteiger partial charge in [-0.05, 0) is 25.0 Å². The molecule has 2 rings (SSSR count). The number of hydrogen-bond acceptors (Lipinski definition) is 5. The van der Waals surface area contributed by atoms with E-state index >= 15 is 0 Å². The van der Waals surface area contributed by atoms with Gasteiger partial charge in [-0.25, -0.2) is 8.42 Å². The molecule has 2 aliphatic rings. The van der Waals surface area contributed by atoms with Crippen molar-refractivity contribution >= 4 is 27.6 Å². The number of sulfone groups is 1. The Morgan fingerprint density at radius 1 is 1.29 bits per heavy atom. The van der Waals surface area contributed by atoms with Gasteiger partial charge in [0.25, 0.3) is 0 Å². The quantitative estimate of drug-likeness (QED) is 0.747. The lowest BCUT2D eigenvalue weighted by Gasteiger charge is -2.43. The summed E-state index contributed by atoms with van der Waals surface area (Å²) in [5, 5.41) is 19.9. The normalized spacial score (nSPS) is 41.2. The van der Waals surface area contributed by atoms with Crippen LogP contribution in [0.3, 0.4) is 0 Å². The van der Waals surface area contributed by atoms with E-state index in [4.69, 9.17) is 0 Å². The molecule has 0 amide bonds. The van der Waals surface area contributed by atoms with Gasteiger partial charge in [-0.1, -0.05) is 0 Å². The number of hydrogen-bond donors (Lipinski definition) is 2. The van der Waals surface area contributed by atoms with E-state index in [-0.39, 0.29) is 12.2 Å². The molecule has 2 heterocycles. The van der Waals surface area contributed by atoms with E-state index in [1.54, 1.807) is 0 Å². The Labute approximate surface area is 105 Å². The highest BCUT2D eigenvalue weighted by molar-refractivity contribution is 7.99. The lowest BCUT2D eigenvalue weighted by molar-refractivity contribution is -0.164. The molecule has 2 saturated heterocycles. The molecule has 2 atom stereocenters. The minimum atomic E-state index is -3.36. The number of aliphatic hydroxyl groups is 1. The van der Waals surface area contributed by atoms with Crippen LogP contribution in [0.15, 0.2) is 0 Å². The van der Waals surface area contributed by atoms with Crippen LogP contribution in [0.2, 0.25) is 0 Å². The predicted molar refractivity (Wildman–Crippen MR) is 64.8 cm³/mol. The van der Waals surface area contributed by atoms with Gasteiger partial charge in [-0.2, -0.15) is 11.8 Å². The molecule has 2 fully saturated rings. The van der Waals surface area contributed by atoms with Crippen molar-refractivity contribution in [1.82, 2.24) is 0 Å². The van der Waals surface area contributed by atoms with Gasteiger partial charge < -0.3 is 10.2 Å². The van der Waals surface area contributed by atoms with Crippen LogP contribution in [0.25, 0.3) is 0 Å². The highest BCUT2D eigenvalue weighted by atomic mass is 32.2. The Bertz CT molecular complexity index is 424. The highest BCUT2D eigenvalue weighted by Gasteiger charge is 2.60. The molecular formula is C10H16O5S2. The Morgan fingerprint density at radius 3 is 2.47 bits per heavy atom. The summed E-state index contributed by atoms with van der Waals surface area (Å²) in [6, 6.07) is 0. The lowest BCUT2D eigenvalue weighted by Crippen LogP contribution is -2.59. The van der Waals surface area contributed by atoms with Gasteiger partial charge in [0.05, 0.1) is 17.1 Å². The largest absolute Gasteiger partial charge is 0.481 e. The molecule has 0 bridgehead atoms. The van der Waals surface area contributed by atoms with Crippen molar-refractivity contribution in [3.05, 3.63) is 0 Å². The summed E-state index contributed by atoms with van der Waals surface area (Å²) >= 11 is 1.48. The average Bonchev–Trinajstić information content (AvgIpc) is 2.64. The summed E-state index contributed by atoms with van der Waals surface area (Å²) in [5.41, 5.74) is -2.88. The summed E-state index contributed by atoms with van der Waals surface area (Å²) in [6.07, 6.45) is 0.930. The van der Waals surface area contributed by atoms with Crippen LogP contribution in [0.5, 0.6) is 0 Å². The third kappa shape index (κ3) is 2.08. The highest BCUT2D eigenvalue weighted by Crippen LogP contribution is 2.48. The average molecular weight is 280 g/mol. The summed E-state index contributed by atoms with van der Waals surface area (Å²) in [6.45, 7) is 0. The molecule has 0 aromatic carbocycles. The molecule has 0 aromatic heterocycles. The Morgan fingerprint density at radius 2 is 2.00 bits per heavy atom. The van der Waals surface area contributed by atoms with E-state index in [9.17, 15) is 23.4 Å². The van der Waals surface area contributed by atoms with Crippen LogP contribution in [-0.2, 0) is 14.6 Å². The first-order valence-corrected chi connectivity index (χ1v) is 8.53. The predicted octanol–water partition coefficient (Wildman–Crippen LogP) is 0.134. The van der Waals surface area contributed by atoms with Crippen LogP contribution in [0, 0.1) is 5.41 Å². The SMILES string of the molecule is O=C(O)C1(C2(O)CCSC2)CCCS(=O)(=O)C1. The maximum absolute atomic E-state index is 11.7. The zero-order valence-electron chi connectivity index (χ0n) is 9.39. The zero-order chi connectivity index (χ0) is 12.7. The molecule has 98 valence electrons. The number of rotatable bonds is 2. The molecule has 7 heteroatoms. The summed E-state index contributed by atoms with van der Waals surface area (Å²) in [7, 11) is -3.36.